The van der Waals surface area contributed by atoms with E-state index in [1.165, 1.54) is 6.07 Å². The molecule has 1 rings (SSSR count). The number of unbranched alkanes of at least 4 members (excludes halogenated alkanes) is 2. The van der Waals surface area contributed by atoms with Crippen LogP contribution in [0.2, 0.25) is 0 Å². The lowest BCUT2D eigenvalue weighted by atomic mass is 10.2. The van der Waals surface area contributed by atoms with Crippen molar-refractivity contribution in [3.8, 4) is 0 Å². The van der Waals surface area contributed by atoms with Gasteiger partial charge in [-0.2, -0.15) is 4.31 Å². The van der Waals surface area contributed by atoms with Crippen LogP contribution in [0.1, 0.15) is 50.4 Å². The third kappa shape index (κ3) is 5.00. The van der Waals surface area contributed by atoms with Crippen molar-refractivity contribution in [2.24, 2.45) is 0 Å². The average molecular weight is 344 g/mol. The summed E-state index contributed by atoms with van der Waals surface area (Å²) in [6.45, 7) is 6.43. The largest absolute Gasteiger partial charge is 0.352 e. The van der Waals surface area contributed by atoms with E-state index < -0.39 is 26.6 Å². The van der Waals surface area contributed by atoms with Crippen molar-refractivity contribution in [3.63, 3.8) is 0 Å². The fraction of sp³-hybridized carbons (Fsp3) is 0.562. The molecule has 1 amide bonds. The minimum atomic E-state index is -3.94. The molecule has 0 aliphatic heterocycles. The number of nitrogens with one attached hydrogen (secondary N) is 1. The van der Waals surface area contributed by atoms with Gasteiger partial charge in [-0.05, 0) is 24.6 Å². The number of sulfonamides is 1. The molecule has 0 unspecified atom stereocenters. The van der Waals surface area contributed by atoms with Crippen LogP contribution in [-0.2, 0) is 10.0 Å². The highest BCUT2D eigenvalue weighted by molar-refractivity contribution is 7.89. The van der Waals surface area contributed by atoms with E-state index in [0.717, 1.165) is 35.7 Å². The second-order valence-electron chi connectivity index (χ2n) is 5.20. The molecule has 23 heavy (non-hydrogen) atoms. The van der Waals surface area contributed by atoms with E-state index in [1.807, 2.05) is 0 Å². The first kappa shape index (κ1) is 19.6. The van der Waals surface area contributed by atoms with E-state index in [-0.39, 0.29) is 18.7 Å². The van der Waals surface area contributed by atoms with Crippen molar-refractivity contribution >= 4 is 15.9 Å². The third-order valence-corrected chi connectivity index (χ3v) is 5.65. The molecule has 0 aliphatic rings. The minimum absolute atomic E-state index is 0.147. The molecule has 0 fully saturated rings. The Hall–Kier alpha value is -1.47. The van der Waals surface area contributed by atoms with Crippen LogP contribution in [-0.4, -0.2) is 38.3 Å². The van der Waals surface area contributed by atoms with Gasteiger partial charge < -0.3 is 5.32 Å². The van der Waals surface area contributed by atoms with Gasteiger partial charge >= 0.3 is 0 Å². The zero-order valence-corrected chi connectivity index (χ0v) is 14.7. The normalized spacial score (nSPS) is 11.7. The monoisotopic (exact) mass is 344 g/mol. The molecule has 0 bridgehead atoms. The lowest BCUT2D eigenvalue weighted by Gasteiger charge is -2.19. The predicted molar refractivity (Wildman–Crippen MR) is 88.4 cm³/mol. The van der Waals surface area contributed by atoms with E-state index in [2.05, 4.69) is 12.2 Å². The van der Waals surface area contributed by atoms with Gasteiger partial charge in [0, 0.05) is 25.2 Å². The molecule has 1 aromatic carbocycles. The summed E-state index contributed by atoms with van der Waals surface area (Å²) in [6, 6.07) is 3.43. The Labute approximate surface area is 137 Å². The standard InChI is InChI=1S/C16H25FN2O3S/c1-4-7-8-11-18-16(20)13-9-10-14(17)15(12-13)23(21,22)19(5-2)6-3/h9-10,12H,4-8,11H2,1-3H3,(H,18,20). The van der Waals surface area contributed by atoms with Crippen LogP contribution in [0, 0.1) is 5.82 Å². The van der Waals surface area contributed by atoms with Gasteiger partial charge in [-0.3, -0.25) is 4.79 Å². The summed E-state index contributed by atoms with van der Waals surface area (Å²) in [6.07, 6.45) is 2.90. The Kier molecular flexibility index (Phi) is 7.64. The van der Waals surface area contributed by atoms with Gasteiger partial charge in [-0.1, -0.05) is 33.6 Å². The molecule has 0 saturated heterocycles. The van der Waals surface area contributed by atoms with Gasteiger partial charge in [-0.25, -0.2) is 12.8 Å². The molecule has 0 spiro atoms. The molecule has 1 aromatic rings. The number of nitrogens with zero attached hydrogens (tertiary/aromatic N) is 1. The molecule has 7 heteroatoms. The SMILES string of the molecule is CCCCCNC(=O)c1ccc(F)c(S(=O)(=O)N(CC)CC)c1. The molecule has 0 atom stereocenters. The van der Waals surface area contributed by atoms with E-state index in [9.17, 15) is 17.6 Å². The van der Waals surface area contributed by atoms with Crippen molar-refractivity contribution < 1.29 is 17.6 Å². The van der Waals surface area contributed by atoms with Crippen LogP contribution in [0.15, 0.2) is 23.1 Å². The van der Waals surface area contributed by atoms with Crippen LogP contribution in [0.3, 0.4) is 0 Å². The number of hydrogen-bond donors (Lipinski definition) is 1. The highest BCUT2D eigenvalue weighted by atomic mass is 32.2. The summed E-state index contributed by atoms with van der Waals surface area (Å²) in [5.74, 6) is -1.24. The number of amides is 1. The lowest BCUT2D eigenvalue weighted by molar-refractivity contribution is 0.0952. The Morgan fingerprint density at radius 3 is 2.39 bits per heavy atom. The topological polar surface area (TPSA) is 66.5 Å². The first-order valence-electron chi connectivity index (χ1n) is 7.96. The lowest BCUT2D eigenvalue weighted by Crippen LogP contribution is -2.31. The summed E-state index contributed by atoms with van der Waals surface area (Å²) >= 11 is 0. The molecule has 0 aromatic heterocycles. The maximum absolute atomic E-state index is 14.0. The number of carbonyl (C=O) groups is 1. The van der Waals surface area contributed by atoms with Crippen LogP contribution in [0.5, 0.6) is 0 Å². The van der Waals surface area contributed by atoms with E-state index in [4.69, 9.17) is 0 Å². The maximum Gasteiger partial charge on any atom is 0.251 e. The second-order valence-corrected chi connectivity index (χ2v) is 7.10. The van der Waals surface area contributed by atoms with Gasteiger partial charge in [-0.15, -0.1) is 0 Å². The Morgan fingerprint density at radius 2 is 1.83 bits per heavy atom. The third-order valence-electron chi connectivity index (χ3n) is 3.58. The summed E-state index contributed by atoms with van der Waals surface area (Å²) in [5.41, 5.74) is 0.147. The molecule has 0 radical (unpaired) electrons. The zero-order chi connectivity index (χ0) is 17.5. The minimum Gasteiger partial charge on any atom is -0.352 e. The number of halogens is 1. The van der Waals surface area contributed by atoms with Gasteiger partial charge in [0.2, 0.25) is 10.0 Å². The fourth-order valence-electron chi connectivity index (χ4n) is 2.22. The average Bonchev–Trinajstić information content (AvgIpc) is 2.52. The van der Waals surface area contributed by atoms with Crippen LogP contribution >= 0.6 is 0 Å². The van der Waals surface area contributed by atoms with Crippen molar-refractivity contribution in [2.45, 2.75) is 44.9 Å². The predicted octanol–water partition coefficient (Wildman–Crippen LogP) is 2.78. The maximum atomic E-state index is 14.0. The van der Waals surface area contributed by atoms with Crippen LogP contribution in [0.4, 0.5) is 4.39 Å². The van der Waals surface area contributed by atoms with E-state index in [0.29, 0.717) is 6.54 Å². The highest BCUT2D eigenvalue weighted by Crippen LogP contribution is 2.20. The molecule has 0 aliphatic carbocycles. The second kappa shape index (κ2) is 8.98. The van der Waals surface area contributed by atoms with Crippen molar-refractivity contribution in [1.82, 2.24) is 9.62 Å². The van der Waals surface area contributed by atoms with Crippen molar-refractivity contribution in [3.05, 3.63) is 29.6 Å². The van der Waals surface area contributed by atoms with E-state index >= 15 is 0 Å². The molecular weight excluding hydrogens is 319 g/mol. The zero-order valence-electron chi connectivity index (χ0n) is 13.9. The number of hydrogen-bond acceptors (Lipinski definition) is 3. The molecule has 0 saturated carbocycles. The van der Waals surface area contributed by atoms with Crippen LogP contribution < -0.4 is 5.32 Å². The van der Waals surface area contributed by atoms with Crippen LogP contribution in [0.25, 0.3) is 0 Å². The number of carbonyl (C=O) groups excluding carboxylic acids is 1. The molecule has 1 N–H and O–H groups in total. The van der Waals surface area contributed by atoms with E-state index in [1.54, 1.807) is 13.8 Å². The smallest absolute Gasteiger partial charge is 0.251 e. The summed E-state index contributed by atoms with van der Waals surface area (Å²) in [5, 5.41) is 2.72. The van der Waals surface area contributed by atoms with Gasteiger partial charge in [0.15, 0.2) is 0 Å². The Morgan fingerprint density at radius 1 is 1.17 bits per heavy atom. The summed E-state index contributed by atoms with van der Waals surface area (Å²) < 4.78 is 40.0. The van der Waals surface area contributed by atoms with Crippen molar-refractivity contribution in [2.75, 3.05) is 19.6 Å². The fourth-order valence-corrected chi connectivity index (χ4v) is 3.77. The van der Waals surface area contributed by atoms with Gasteiger partial charge in [0.1, 0.15) is 10.7 Å². The molecule has 5 nitrogen and oxygen atoms in total. The molecular formula is C16H25FN2O3S. The van der Waals surface area contributed by atoms with Gasteiger partial charge in [0.05, 0.1) is 0 Å². The summed E-state index contributed by atoms with van der Waals surface area (Å²) in [7, 11) is -3.94. The first-order valence-corrected chi connectivity index (χ1v) is 9.40. The Bertz CT molecular complexity index is 628. The first-order chi connectivity index (χ1) is 10.9. The Balaban J connectivity index is 3.02. The molecule has 0 heterocycles. The quantitative estimate of drug-likeness (QED) is 0.701. The van der Waals surface area contributed by atoms with Gasteiger partial charge in [0.25, 0.3) is 5.91 Å². The van der Waals surface area contributed by atoms with Crippen molar-refractivity contribution in [1.29, 1.82) is 0 Å². The number of rotatable bonds is 9. The highest BCUT2D eigenvalue weighted by Gasteiger charge is 2.26. The molecule has 130 valence electrons. The summed E-state index contributed by atoms with van der Waals surface area (Å²) in [4.78, 5) is 11.6. The number of benzene rings is 1.